The van der Waals surface area contributed by atoms with Crippen molar-refractivity contribution in [1.82, 2.24) is 0 Å². The van der Waals surface area contributed by atoms with E-state index in [0.717, 1.165) is 0 Å². The molecule has 0 unspecified atom stereocenters. The van der Waals surface area contributed by atoms with Crippen LogP contribution in [0.4, 0.5) is 0 Å². The van der Waals surface area contributed by atoms with Gasteiger partial charge in [0.25, 0.3) is 0 Å². The molecule has 0 rings (SSSR count). The summed E-state index contributed by atoms with van der Waals surface area (Å²) in [6.07, 6.45) is 0. The summed E-state index contributed by atoms with van der Waals surface area (Å²) in [5, 5.41) is 0. The molecule has 0 saturated heterocycles. The van der Waals surface area contributed by atoms with E-state index in [1.54, 1.807) is 0 Å². The summed E-state index contributed by atoms with van der Waals surface area (Å²) in [6.45, 7) is 0. The molecule has 13 heavy (non-hydrogen) atoms. The first-order valence-corrected chi connectivity index (χ1v) is 0.926. The first-order chi connectivity index (χ1) is 2.00. The topological polar surface area (TPSA) is 169 Å². The van der Waals surface area contributed by atoms with Crippen LogP contribution in [0.3, 0.4) is 0 Å². The van der Waals surface area contributed by atoms with Crippen LogP contribution in [0, 0.1) is 0 Å². The molecule has 0 amide bonds. The fraction of sp³-hybridized carbons (Fsp3) is 0. The monoisotopic (exact) mass is 362 g/mol. The van der Waals surface area contributed by atoms with Gasteiger partial charge in [-0.15, -0.1) is 0 Å². The van der Waals surface area contributed by atoms with Crippen LogP contribution in [0.2, 0.25) is 0 Å². The second-order valence-electron chi connectivity index (χ2n) is 0. The van der Waals surface area contributed by atoms with E-state index in [1.165, 1.54) is 0 Å². The molecule has 0 radical (unpaired) electrons. The fourth-order valence-corrected chi connectivity index (χ4v) is 0. The standard InChI is InChI=1S/3Ca.2ClO.2ClH.4H2O/c;;;2*1-2;;;;;;/h;;;;;2*1H;4*1H2/q3*+2;2*-1;;;;;;/p-4. The Kier molecular flexibility index (Phi) is 1580. The van der Waals surface area contributed by atoms with Crippen LogP contribution < -0.4 is 34.1 Å². The summed E-state index contributed by atoms with van der Waals surface area (Å²) in [6, 6.07) is 0. The molecule has 13 heteroatoms. The van der Waals surface area contributed by atoms with Crippen molar-refractivity contribution in [2.24, 2.45) is 0 Å². The van der Waals surface area contributed by atoms with Gasteiger partial charge in [0.2, 0.25) is 0 Å². The third-order valence-corrected chi connectivity index (χ3v) is 0. The molecule has 0 aromatic carbocycles. The third-order valence-electron chi connectivity index (χ3n) is 0. The Hall–Kier alpha value is 4.70. The molecule has 0 saturated carbocycles. The van der Waals surface area contributed by atoms with E-state index in [0.29, 0.717) is 0 Å². The van der Waals surface area contributed by atoms with Gasteiger partial charge in [-0.3, -0.25) is 0 Å². The minimum Gasteiger partial charge on any atom is -1.00 e. The predicted molar refractivity (Wildman–Crippen MR) is 40.1 cm³/mol. The molecular weight excluding hydrogens is 358 g/mol. The molecule has 6 N–H and O–H groups in total. The molecule has 0 spiro atoms. The van der Waals surface area contributed by atoms with Crippen molar-refractivity contribution in [3.63, 3.8) is 0 Å². The molecule has 0 aliphatic rings. The van der Waals surface area contributed by atoms with Gasteiger partial charge in [-0.2, -0.15) is 0 Å². The summed E-state index contributed by atoms with van der Waals surface area (Å²) in [7, 11) is 0. The van der Waals surface area contributed by atoms with Crippen molar-refractivity contribution < 1.29 is 56.0 Å². The van der Waals surface area contributed by atoms with Crippen LogP contribution in [-0.4, -0.2) is 135 Å². The van der Waals surface area contributed by atoms with Crippen LogP contribution in [0.25, 0.3) is 0 Å². The molecule has 0 fully saturated rings. The molecule has 0 aliphatic heterocycles. The molecule has 0 aromatic heterocycles. The Labute approximate surface area is 188 Å². The molecule has 0 aromatic rings. The zero-order valence-corrected chi connectivity index (χ0v) is 16.0. The number of hydrogen-bond acceptors (Lipinski definition) is 4. The van der Waals surface area contributed by atoms with Crippen LogP contribution >= 0.6 is 23.7 Å². The van der Waals surface area contributed by atoms with Crippen molar-refractivity contribution in [1.29, 1.82) is 0 Å². The van der Waals surface area contributed by atoms with Gasteiger partial charge in [0.1, 0.15) is 0 Å². The van der Waals surface area contributed by atoms with Gasteiger partial charge in [0.15, 0.2) is 0 Å². The number of halogens is 4. The minimum atomic E-state index is 0. The van der Waals surface area contributed by atoms with Gasteiger partial charge >= 0.3 is 113 Å². The SMILES string of the molecule is O.O.[Ca+2].[Ca+2].[Ca+2].[Cl-].[Cl-].[O-]Cl.[O-]Cl.[OH-].[OH-]. The van der Waals surface area contributed by atoms with E-state index < -0.39 is 0 Å². The van der Waals surface area contributed by atoms with E-state index in [1.807, 2.05) is 0 Å². The Balaban J connectivity index is -0.000000000404. The molecule has 0 atom stereocenters. The molecule has 76 valence electrons. The zero-order chi connectivity index (χ0) is 4.00. The van der Waals surface area contributed by atoms with Crippen molar-refractivity contribution in [3.05, 3.63) is 0 Å². The number of rotatable bonds is 0. The van der Waals surface area contributed by atoms with E-state index >= 15 is 0 Å². The summed E-state index contributed by atoms with van der Waals surface area (Å²) in [5.41, 5.74) is 0. The van der Waals surface area contributed by atoms with Crippen LogP contribution in [-0.2, 0) is 0 Å². The summed E-state index contributed by atoms with van der Waals surface area (Å²) in [5.74, 6) is 0. The predicted octanol–water partition coefficient (Wildman–Crippen LogP) is -10.1. The maximum atomic E-state index is 7.72. The summed E-state index contributed by atoms with van der Waals surface area (Å²) in [4.78, 5) is 0. The molecule has 0 aliphatic carbocycles. The van der Waals surface area contributed by atoms with Crippen LogP contribution in [0.5, 0.6) is 0 Å². The Bertz CT molecular complexity index is 19.8. The van der Waals surface area contributed by atoms with Gasteiger partial charge in [0.05, 0.1) is 0 Å². The molecule has 6 nitrogen and oxygen atoms in total. The fourth-order valence-electron chi connectivity index (χ4n) is 0. The Morgan fingerprint density at radius 2 is 0.538 bits per heavy atom. The maximum absolute atomic E-state index is 7.72. The van der Waals surface area contributed by atoms with Gasteiger partial charge in [-0.05, 0) is 0 Å². The molecule has 0 heterocycles. The van der Waals surface area contributed by atoms with E-state index in [4.69, 9.17) is 9.32 Å². The number of hydrogen-bond donors (Lipinski definition) is 0. The van der Waals surface area contributed by atoms with E-state index in [-0.39, 0.29) is 160 Å². The summed E-state index contributed by atoms with van der Waals surface area (Å²) >= 11 is 6.78. The third kappa shape index (κ3) is 163. The van der Waals surface area contributed by atoms with E-state index in [9.17, 15) is 0 Å². The second-order valence-corrected chi connectivity index (χ2v) is 0. The zero-order valence-electron chi connectivity index (χ0n) is 6.34. The quantitative estimate of drug-likeness (QED) is 0.389. The Morgan fingerprint density at radius 1 is 0.538 bits per heavy atom. The molecule has 0 bridgehead atoms. The first kappa shape index (κ1) is 110. The first-order valence-electron chi connectivity index (χ1n) is 0.309. The normalized spacial score (nSPS) is 0.923. The van der Waals surface area contributed by atoms with Gasteiger partial charge in [-0.1, -0.05) is 0 Å². The minimum absolute atomic E-state index is 0. The van der Waals surface area contributed by atoms with Crippen molar-refractivity contribution in [2.45, 2.75) is 0 Å². The van der Waals surface area contributed by atoms with Crippen LogP contribution in [0.1, 0.15) is 0 Å². The second kappa shape index (κ2) is 186. The average Bonchev–Trinajstić information content (AvgIpc) is 1.50. The van der Waals surface area contributed by atoms with Crippen molar-refractivity contribution in [3.8, 4) is 0 Å². The summed E-state index contributed by atoms with van der Waals surface area (Å²) < 4.78 is 15.4. The smallest absolute Gasteiger partial charge is 1.00 e. The van der Waals surface area contributed by atoms with E-state index in [2.05, 4.69) is 23.7 Å². The van der Waals surface area contributed by atoms with Gasteiger partial charge in [0, 0.05) is 0 Å². The van der Waals surface area contributed by atoms with Crippen molar-refractivity contribution >= 4 is 137 Å². The molecular formula is H6Ca3Cl4O6. The van der Waals surface area contributed by atoms with Crippen LogP contribution in [0.15, 0.2) is 0 Å². The van der Waals surface area contributed by atoms with Crippen molar-refractivity contribution in [2.75, 3.05) is 0 Å². The largest absolute Gasteiger partial charge is 2.00 e. The average molecular weight is 364 g/mol. The van der Waals surface area contributed by atoms with Gasteiger partial charge in [-0.25, -0.2) is 23.7 Å². The Morgan fingerprint density at radius 3 is 0.538 bits per heavy atom. The van der Waals surface area contributed by atoms with Gasteiger partial charge < -0.3 is 56.0 Å². The maximum Gasteiger partial charge on any atom is 2.00 e.